The minimum absolute atomic E-state index is 0.110. The summed E-state index contributed by atoms with van der Waals surface area (Å²) >= 11 is 0. The molecule has 0 atom stereocenters. The molecule has 4 nitrogen and oxygen atoms in total. The van der Waals surface area contributed by atoms with Crippen molar-refractivity contribution in [3.63, 3.8) is 0 Å². The normalized spacial score (nSPS) is 10.0. The summed E-state index contributed by atoms with van der Waals surface area (Å²) in [5, 5.41) is 0. The number of terminal acetylenes is 1. The molecule has 1 heterocycles. The predicted octanol–water partition coefficient (Wildman–Crippen LogP) is 1.73. The minimum atomic E-state index is -0.110. The summed E-state index contributed by atoms with van der Waals surface area (Å²) in [7, 11) is 0. The molecule has 18 heavy (non-hydrogen) atoms. The number of hydrogen-bond acceptors (Lipinski definition) is 3. The average molecular weight is 239 g/mol. The Hall–Kier alpha value is -2.41. The smallest absolute Gasteiger partial charge is 0.256 e. The number of hydrogen-bond donors (Lipinski definition) is 0. The highest BCUT2D eigenvalue weighted by atomic mass is 16.2. The van der Waals surface area contributed by atoms with E-state index in [2.05, 4.69) is 15.9 Å². The second kappa shape index (κ2) is 5.28. The van der Waals surface area contributed by atoms with E-state index in [0.29, 0.717) is 29.7 Å². The molecule has 0 saturated carbocycles. The first-order valence-electron chi connectivity index (χ1n) is 5.70. The zero-order valence-corrected chi connectivity index (χ0v) is 10.1. The first-order chi connectivity index (χ1) is 8.77. The van der Waals surface area contributed by atoms with Crippen molar-refractivity contribution in [2.24, 2.45) is 0 Å². The molecule has 1 aromatic carbocycles. The van der Waals surface area contributed by atoms with Crippen LogP contribution in [0.2, 0.25) is 0 Å². The van der Waals surface area contributed by atoms with Crippen molar-refractivity contribution >= 4 is 16.9 Å². The van der Waals surface area contributed by atoms with Crippen LogP contribution >= 0.6 is 0 Å². The molecule has 4 heteroatoms. The largest absolute Gasteiger partial charge is 0.328 e. The summed E-state index contributed by atoms with van der Waals surface area (Å²) < 4.78 is 0. The van der Waals surface area contributed by atoms with Crippen molar-refractivity contribution < 1.29 is 4.79 Å². The maximum absolute atomic E-state index is 12.3. The summed E-state index contributed by atoms with van der Waals surface area (Å²) in [6.45, 7) is 2.76. The number of nitrogens with zero attached hydrogens (tertiary/aromatic N) is 3. The van der Waals surface area contributed by atoms with Crippen LogP contribution in [0.25, 0.3) is 11.0 Å². The van der Waals surface area contributed by atoms with Crippen LogP contribution in [0.5, 0.6) is 0 Å². The number of amides is 1. The van der Waals surface area contributed by atoms with Gasteiger partial charge in [0, 0.05) is 18.9 Å². The lowest BCUT2D eigenvalue weighted by Crippen LogP contribution is -2.31. The molecule has 2 aromatic rings. The summed E-state index contributed by atoms with van der Waals surface area (Å²) in [5.74, 6) is 2.38. The number of aromatic nitrogens is 2. The number of para-hydroxylation sites is 1. The van der Waals surface area contributed by atoms with Crippen molar-refractivity contribution in [2.45, 2.75) is 6.92 Å². The van der Waals surface area contributed by atoms with Gasteiger partial charge in [0.15, 0.2) is 0 Å². The van der Waals surface area contributed by atoms with E-state index >= 15 is 0 Å². The Morgan fingerprint density at radius 2 is 2.17 bits per heavy atom. The van der Waals surface area contributed by atoms with Crippen molar-refractivity contribution in [1.82, 2.24) is 14.9 Å². The fraction of sp³-hybridized carbons (Fsp3) is 0.214. The van der Waals surface area contributed by atoms with Gasteiger partial charge in [-0.3, -0.25) is 14.8 Å². The number of benzene rings is 1. The van der Waals surface area contributed by atoms with E-state index in [1.165, 1.54) is 0 Å². The Morgan fingerprint density at radius 3 is 2.89 bits per heavy atom. The summed E-state index contributed by atoms with van der Waals surface area (Å²) in [6.07, 6.45) is 8.45. The number of carbonyl (C=O) groups is 1. The van der Waals surface area contributed by atoms with Crippen LogP contribution in [0.3, 0.4) is 0 Å². The first kappa shape index (κ1) is 12.1. The van der Waals surface area contributed by atoms with Gasteiger partial charge >= 0.3 is 0 Å². The van der Waals surface area contributed by atoms with Gasteiger partial charge in [-0.05, 0) is 19.1 Å². The highest BCUT2D eigenvalue weighted by molar-refractivity contribution is 6.04. The van der Waals surface area contributed by atoms with Gasteiger partial charge in [-0.2, -0.15) is 0 Å². The maximum Gasteiger partial charge on any atom is 0.256 e. The zero-order valence-electron chi connectivity index (χ0n) is 10.1. The van der Waals surface area contributed by atoms with Gasteiger partial charge < -0.3 is 4.90 Å². The van der Waals surface area contributed by atoms with Crippen LogP contribution in [0.15, 0.2) is 30.6 Å². The van der Waals surface area contributed by atoms with E-state index in [9.17, 15) is 4.79 Å². The van der Waals surface area contributed by atoms with Crippen LogP contribution in [0.4, 0.5) is 0 Å². The zero-order chi connectivity index (χ0) is 13.0. The molecular weight excluding hydrogens is 226 g/mol. The molecule has 0 aliphatic rings. The minimum Gasteiger partial charge on any atom is -0.328 e. The fourth-order valence-corrected chi connectivity index (χ4v) is 1.77. The van der Waals surface area contributed by atoms with Crippen molar-refractivity contribution in [1.29, 1.82) is 0 Å². The van der Waals surface area contributed by atoms with Crippen LogP contribution in [0, 0.1) is 12.3 Å². The second-order valence-corrected chi connectivity index (χ2v) is 3.75. The van der Waals surface area contributed by atoms with Crippen molar-refractivity contribution in [3.05, 3.63) is 36.2 Å². The van der Waals surface area contributed by atoms with E-state index in [4.69, 9.17) is 6.42 Å². The number of carbonyl (C=O) groups excluding carboxylic acids is 1. The second-order valence-electron chi connectivity index (χ2n) is 3.75. The molecule has 2 rings (SSSR count). The fourth-order valence-electron chi connectivity index (χ4n) is 1.77. The van der Waals surface area contributed by atoms with Crippen LogP contribution in [-0.4, -0.2) is 33.9 Å². The van der Waals surface area contributed by atoms with Gasteiger partial charge in [0.1, 0.15) is 5.52 Å². The van der Waals surface area contributed by atoms with Gasteiger partial charge in [-0.25, -0.2) is 0 Å². The Kier molecular flexibility index (Phi) is 3.54. The van der Waals surface area contributed by atoms with E-state index in [0.717, 1.165) is 0 Å². The molecule has 0 N–H and O–H groups in total. The van der Waals surface area contributed by atoms with Gasteiger partial charge in [0.05, 0.1) is 17.6 Å². The van der Waals surface area contributed by atoms with E-state index in [1.807, 2.05) is 13.0 Å². The summed E-state index contributed by atoms with van der Waals surface area (Å²) in [4.78, 5) is 22.3. The predicted molar refractivity (Wildman–Crippen MR) is 69.9 cm³/mol. The van der Waals surface area contributed by atoms with Gasteiger partial charge in [-0.1, -0.05) is 12.0 Å². The molecule has 90 valence electrons. The molecule has 0 spiro atoms. The Labute approximate surface area is 106 Å². The molecule has 0 unspecified atom stereocenters. The third-order valence-electron chi connectivity index (χ3n) is 2.68. The molecule has 0 radical (unpaired) electrons. The standard InChI is InChI=1S/C14H13N3O/c1-3-10-17(4-2)14(18)11-6-5-7-12-13(11)16-9-8-15-12/h1,5-9H,4,10H2,2H3. The van der Waals surface area contributed by atoms with Crippen LogP contribution in [-0.2, 0) is 0 Å². The third-order valence-corrected chi connectivity index (χ3v) is 2.68. The lowest BCUT2D eigenvalue weighted by atomic mass is 10.1. The van der Waals surface area contributed by atoms with E-state index in [-0.39, 0.29) is 5.91 Å². The first-order valence-corrected chi connectivity index (χ1v) is 5.70. The summed E-state index contributed by atoms with van der Waals surface area (Å²) in [6, 6.07) is 5.38. The Morgan fingerprint density at radius 1 is 1.39 bits per heavy atom. The maximum atomic E-state index is 12.3. The Balaban J connectivity index is 2.48. The topological polar surface area (TPSA) is 46.1 Å². The van der Waals surface area contributed by atoms with E-state index in [1.54, 1.807) is 29.4 Å². The third kappa shape index (κ3) is 2.16. The van der Waals surface area contributed by atoms with Crippen LogP contribution in [0.1, 0.15) is 17.3 Å². The number of fused-ring (bicyclic) bond motifs is 1. The monoisotopic (exact) mass is 239 g/mol. The van der Waals surface area contributed by atoms with Crippen molar-refractivity contribution in [3.8, 4) is 12.3 Å². The van der Waals surface area contributed by atoms with E-state index < -0.39 is 0 Å². The lowest BCUT2D eigenvalue weighted by molar-refractivity contribution is 0.0786. The van der Waals surface area contributed by atoms with Crippen LogP contribution < -0.4 is 0 Å². The molecule has 0 fully saturated rings. The molecule has 0 bridgehead atoms. The van der Waals surface area contributed by atoms with Gasteiger partial charge in [0.2, 0.25) is 0 Å². The SMILES string of the molecule is C#CCN(CC)C(=O)c1cccc2nccnc12. The Bertz CT molecular complexity index is 610. The molecule has 0 aliphatic carbocycles. The molecular formula is C14H13N3O. The lowest BCUT2D eigenvalue weighted by Gasteiger charge is -2.18. The number of rotatable bonds is 3. The highest BCUT2D eigenvalue weighted by Gasteiger charge is 2.16. The molecule has 0 aliphatic heterocycles. The quantitative estimate of drug-likeness (QED) is 0.766. The molecule has 0 saturated heterocycles. The molecule has 1 amide bonds. The van der Waals surface area contributed by atoms with Gasteiger partial charge in [-0.15, -0.1) is 6.42 Å². The highest BCUT2D eigenvalue weighted by Crippen LogP contribution is 2.15. The summed E-state index contributed by atoms with van der Waals surface area (Å²) in [5.41, 5.74) is 1.86. The van der Waals surface area contributed by atoms with Gasteiger partial charge in [0.25, 0.3) is 5.91 Å². The molecule has 1 aromatic heterocycles. The average Bonchev–Trinajstić information content (AvgIpc) is 2.43. The van der Waals surface area contributed by atoms with Crippen molar-refractivity contribution in [2.75, 3.05) is 13.1 Å².